The summed E-state index contributed by atoms with van der Waals surface area (Å²) in [6.45, 7) is 9.77. The number of nitrogens with zero attached hydrogens (tertiary/aromatic N) is 3. The minimum atomic E-state index is -4.79. The van der Waals surface area contributed by atoms with Gasteiger partial charge in [0.05, 0.1) is 24.0 Å². The van der Waals surface area contributed by atoms with Crippen LogP contribution in [0.3, 0.4) is 0 Å². The number of aryl methyl sites for hydroxylation is 1. The Kier molecular flexibility index (Phi) is 7.58. The van der Waals surface area contributed by atoms with Gasteiger partial charge in [-0.2, -0.15) is 5.10 Å². The van der Waals surface area contributed by atoms with Crippen LogP contribution in [0.5, 0.6) is 5.75 Å². The van der Waals surface area contributed by atoms with Gasteiger partial charge in [-0.25, -0.2) is 9.53 Å². The molecule has 1 saturated carbocycles. The van der Waals surface area contributed by atoms with Crippen molar-refractivity contribution < 1.29 is 22.7 Å². The van der Waals surface area contributed by atoms with Crippen molar-refractivity contribution in [1.82, 2.24) is 15.1 Å². The smallest absolute Gasteiger partial charge is 0.406 e. The lowest BCUT2D eigenvalue weighted by Crippen LogP contribution is -2.25. The zero-order valence-corrected chi connectivity index (χ0v) is 21.6. The van der Waals surface area contributed by atoms with Crippen molar-refractivity contribution in [3.8, 4) is 11.4 Å². The molecular formula is C30H26F3N5O2. The highest BCUT2D eigenvalue weighted by molar-refractivity contribution is 6.03. The lowest BCUT2D eigenvalue weighted by molar-refractivity contribution is -0.274. The van der Waals surface area contributed by atoms with Crippen LogP contribution in [0, 0.1) is 19.4 Å². The molecule has 1 amide bonds. The second kappa shape index (κ2) is 11.2. The summed E-state index contributed by atoms with van der Waals surface area (Å²) in [4.78, 5) is 16.8. The molecule has 1 atom stereocenters. The Morgan fingerprint density at radius 2 is 1.80 bits per heavy atom. The van der Waals surface area contributed by atoms with Gasteiger partial charge in [-0.15, -0.1) is 13.2 Å². The fourth-order valence-electron chi connectivity index (χ4n) is 4.47. The third-order valence-corrected chi connectivity index (χ3v) is 6.48. The minimum absolute atomic E-state index is 0.293. The predicted octanol–water partition coefficient (Wildman–Crippen LogP) is 6.97. The lowest BCUT2D eigenvalue weighted by Gasteiger charge is -2.21. The molecule has 10 heteroatoms. The van der Waals surface area contributed by atoms with Gasteiger partial charge in [-0.1, -0.05) is 36.4 Å². The topological polar surface area (TPSA) is 72.5 Å². The van der Waals surface area contributed by atoms with Crippen LogP contribution in [0.2, 0.25) is 0 Å². The lowest BCUT2D eigenvalue weighted by atomic mass is 9.97. The molecule has 0 bridgehead atoms. The summed E-state index contributed by atoms with van der Waals surface area (Å²) >= 11 is 0. The molecule has 1 heterocycles. The summed E-state index contributed by atoms with van der Waals surface area (Å²) in [6, 6.07) is 21.2. The Morgan fingerprint density at radius 1 is 1.07 bits per heavy atom. The van der Waals surface area contributed by atoms with Crippen molar-refractivity contribution in [2.24, 2.45) is 5.92 Å². The van der Waals surface area contributed by atoms with Gasteiger partial charge in [0.2, 0.25) is 0 Å². The summed E-state index contributed by atoms with van der Waals surface area (Å²) in [5, 5.41) is 10.8. The van der Waals surface area contributed by atoms with Crippen molar-refractivity contribution in [3.05, 3.63) is 113 Å². The van der Waals surface area contributed by atoms with Crippen molar-refractivity contribution in [2.45, 2.75) is 32.2 Å². The first-order valence-electron chi connectivity index (χ1n) is 12.7. The van der Waals surface area contributed by atoms with Crippen molar-refractivity contribution in [3.63, 3.8) is 0 Å². The highest BCUT2D eigenvalue weighted by Crippen LogP contribution is 2.33. The number of ether oxygens (including phenoxy) is 1. The third-order valence-electron chi connectivity index (χ3n) is 6.48. The molecule has 5 rings (SSSR count). The summed E-state index contributed by atoms with van der Waals surface area (Å²) in [5.41, 5.74) is 3.85. The number of carbonyl (C=O) groups excluding carboxylic acids is 1. The largest absolute Gasteiger partial charge is 0.573 e. The first-order valence-corrected chi connectivity index (χ1v) is 12.7. The fraction of sp³-hybridized carbons (Fsp3) is 0.233. The summed E-state index contributed by atoms with van der Waals surface area (Å²) in [5.74, 6) is -0.155. The van der Waals surface area contributed by atoms with Gasteiger partial charge >= 0.3 is 6.36 Å². The Hall–Kier alpha value is -4.62. The average Bonchev–Trinajstić information content (AvgIpc) is 3.66. The molecule has 0 spiro atoms. The van der Waals surface area contributed by atoms with Gasteiger partial charge in [-0.05, 0) is 85.8 Å². The number of carbonyl (C=O) groups is 1. The second-order valence-electron chi connectivity index (χ2n) is 9.70. The van der Waals surface area contributed by atoms with Crippen molar-refractivity contribution >= 4 is 17.3 Å². The monoisotopic (exact) mass is 545 g/mol. The van der Waals surface area contributed by atoms with Crippen LogP contribution in [0.15, 0.2) is 78.9 Å². The van der Waals surface area contributed by atoms with Crippen LogP contribution in [0.25, 0.3) is 10.5 Å². The molecule has 0 saturated heterocycles. The Bertz CT molecular complexity index is 1570. The van der Waals surface area contributed by atoms with E-state index in [1.165, 1.54) is 22.9 Å². The number of halogens is 3. The molecule has 40 heavy (non-hydrogen) atoms. The number of hydrogen-bond donors (Lipinski definition) is 2. The van der Waals surface area contributed by atoms with E-state index in [2.05, 4.69) is 25.3 Å². The third kappa shape index (κ3) is 6.68. The van der Waals surface area contributed by atoms with Crippen LogP contribution >= 0.6 is 0 Å². The highest BCUT2D eigenvalue weighted by atomic mass is 19.4. The number of anilines is 1. The van der Waals surface area contributed by atoms with Crippen LogP contribution in [0.4, 0.5) is 24.5 Å². The molecule has 4 aromatic rings. The number of benzene rings is 3. The Morgan fingerprint density at radius 3 is 2.52 bits per heavy atom. The normalized spacial score (nSPS) is 13.9. The molecule has 1 aliphatic carbocycles. The quantitative estimate of drug-likeness (QED) is 0.223. The molecule has 1 fully saturated rings. The number of aromatic nitrogens is 2. The standard InChI is InChI=1S/C30H26F3N5O2/c1-19-14-27(38(37-19)25-10-5-8-23(17-25)34-2)29(39)36-24-9-3-6-21(15-24)28(35-18-20-12-13-20)22-7-4-11-26(16-22)40-30(31,32)33/h3-11,14-17,20,28,35H,12-13,18H2,1H3,(H,36,39). The number of rotatable bonds is 9. The first-order chi connectivity index (χ1) is 19.2. The molecule has 2 N–H and O–H groups in total. The van der Waals surface area contributed by atoms with Crippen LogP contribution < -0.4 is 15.4 Å². The maximum absolute atomic E-state index is 13.4. The summed E-state index contributed by atoms with van der Waals surface area (Å²) in [6.07, 6.45) is -2.57. The van der Waals surface area contributed by atoms with E-state index in [4.69, 9.17) is 6.57 Å². The van der Waals surface area contributed by atoms with Gasteiger partial charge in [0.1, 0.15) is 11.4 Å². The van der Waals surface area contributed by atoms with Gasteiger partial charge in [-0.3, -0.25) is 4.79 Å². The highest BCUT2D eigenvalue weighted by Gasteiger charge is 2.31. The molecule has 7 nitrogen and oxygen atoms in total. The van der Waals surface area contributed by atoms with E-state index in [9.17, 15) is 18.0 Å². The minimum Gasteiger partial charge on any atom is -0.406 e. The van der Waals surface area contributed by atoms with E-state index in [0.717, 1.165) is 18.4 Å². The van der Waals surface area contributed by atoms with Crippen LogP contribution in [-0.2, 0) is 0 Å². The Labute approximate surface area is 229 Å². The van der Waals surface area contributed by atoms with Crippen LogP contribution in [-0.4, -0.2) is 28.6 Å². The van der Waals surface area contributed by atoms with Gasteiger partial charge in [0, 0.05) is 5.69 Å². The predicted molar refractivity (Wildman–Crippen MR) is 145 cm³/mol. The number of amides is 1. The van der Waals surface area contributed by atoms with E-state index in [1.54, 1.807) is 61.5 Å². The van der Waals surface area contributed by atoms with E-state index >= 15 is 0 Å². The molecule has 1 aromatic heterocycles. The SMILES string of the molecule is [C-]#[N+]c1cccc(-n2nc(C)cc2C(=O)Nc2cccc(C(NCC3CC3)c3cccc(OC(F)(F)F)c3)c2)c1. The zero-order chi connectivity index (χ0) is 28.3. The molecular weight excluding hydrogens is 519 g/mol. The van der Waals surface area contributed by atoms with E-state index < -0.39 is 18.3 Å². The number of alkyl halides is 3. The number of nitrogens with one attached hydrogen (secondary N) is 2. The Balaban J connectivity index is 1.41. The molecule has 1 aliphatic rings. The first kappa shape index (κ1) is 27.0. The summed E-state index contributed by atoms with van der Waals surface area (Å²) < 4.78 is 44.2. The molecule has 0 radical (unpaired) electrons. The fourth-order valence-corrected chi connectivity index (χ4v) is 4.47. The van der Waals surface area contributed by atoms with E-state index in [0.29, 0.717) is 46.5 Å². The zero-order valence-electron chi connectivity index (χ0n) is 21.6. The molecule has 1 unspecified atom stereocenters. The summed E-state index contributed by atoms with van der Waals surface area (Å²) in [7, 11) is 0. The maximum atomic E-state index is 13.4. The van der Waals surface area contributed by atoms with E-state index in [-0.39, 0.29) is 5.75 Å². The number of hydrogen-bond acceptors (Lipinski definition) is 4. The molecule has 0 aliphatic heterocycles. The van der Waals surface area contributed by atoms with Gasteiger partial charge in [0.15, 0.2) is 5.69 Å². The molecule has 3 aromatic carbocycles. The van der Waals surface area contributed by atoms with Gasteiger partial charge < -0.3 is 15.4 Å². The second-order valence-corrected chi connectivity index (χ2v) is 9.70. The van der Waals surface area contributed by atoms with Gasteiger partial charge in [0.25, 0.3) is 5.91 Å². The van der Waals surface area contributed by atoms with Crippen molar-refractivity contribution in [2.75, 3.05) is 11.9 Å². The average molecular weight is 546 g/mol. The maximum Gasteiger partial charge on any atom is 0.573 e. The van der Waals surface area contributed by atoms with Crippen molar-refractivity contribution in [1.29, 1.82) is 0 Å². The van der Waals surface area contributed by atoms with E-state index in [1.807, 2.05) is 6.07 Å². The van der Waals surface area contributed by atoms with Crippen LogP contribution in [0.1, 0.15) is 46.2 Å². The molecule has 204 valence electrons.